The first kappa shape index (κ1) is 18.8. The molecule has 27 heavy (non-hydrogen) atoms. The molecule has 8 heteroatoms. The lowest BCUT2D eigenvalue weighted by atomic mass is 10.1. The Morgan fingerprint density at radius 3 is 2.41 bits per heavy atom. The molecule has 0 aliphatic heterocycles. The lowest BCUT2D eigenvalue weighted by Crippen LogP contribution is -2.10. The second kappa shape index (κ2) is 8.13. The van der Waals surface area contributed by atoms with Gasteiger partial charge in [-0.1, -0.05) is 0 Å². The second-order valence-electron chi connectivity index (χ2n) is 5.70. The van der Waals surface area contributed by atoms with Gasteiger partial charge in [0, 0.05) is 29.5 Å². The minimum Gasteiger partial charge on any atom is -0.496 e. The van der Waals surface area contributed by atoms with Crippen molar-refractivity contribution in [2.45, 2.75) is 13.3 Å². The second-order valence-corrected chi connectivity index (χ2v) is 6.56. The van der Waals surface area contributed by atoms with Crippen LogP contribution in [0.4, 0.5) is 5.13 Å². The van der Waals surface area contributed by atoms with Crippen molar-refractivity contribution in [3.8, 4) is 17.2 Å². The fraction of sp³-hybridized carbons (Fsp3) is 0.263. The van der Waals surface area contributed by atoms with Gasteiger partial charge < -0.3 is 18.6 Å². The standard InChI is InChI=1S/C19H20N2O5S/c1-11-10-27-19(20-11)21-18(22)15-6-5-12(26-15)7-14-16(24-3)8-13(23-2)9-17(14)25-4/h5-6,8-10H,7H2,1-4H3,(H,20,21,22). The topological polar surface area (TPSA) is 82.8 Å². The van der Waals surface area contributed by atoms with Crippen LogP contribution in [-0.2, 0) is 6.42 Å². The van der Waals surface area contributed by atoms with Gasteiger partial charge in [-0.3, -0.25) is 10.1 Å². The quantitative estimate of drug-likeness (QED) is 0.661. The highest BCUT2D eigenvalue weighted by atomic mass is 32.1. The van der Waals surface area contributed by atoms with Crippen molar-refractivity contribution in [1.29, 1.82) is 0 Å². The summed E-state index contributed by atoms with van der Waals surface area (Å²) >= 11 is 1.37. The smallest absolute Gasteiger partial charge is 0.293 e. The molecule has 0 saturated heterocycles. The summed E-state index contributed by atoms with van der Waals surface area (Å²) in [5, 5.41) is 5.13. The number of amides is 1. The molecule has 3 rings (SSSR count). The van der Waals surface area contributed by atoms with Gasteiger partial charge in [-0.25, -0.2) is 4.98 Å². The number of anilines is 1. The highest BCUT2D eigenvalue weighted by molar-refractivity contribution is 7.13. The summed E-state index contributed by atoms with van der Waals surface area (Å²) in [7, 11) is 4.73. The zero-order valence-electron chi connectivity index (χ0n) is 15.5. The van der Waals surface area contributed by atoms with Crippen LogP contribution in [-0.4, -0.2) is 32.2 Å². The molecular formula is C19H20N2O5S. The molecule has 0 unspecified atom stereocenters. The maximum Gasteiger partial charge on any atom is 0.293 e. The van der Waals surface area contributed by atoms with Gasteiger partial charge >= 0.3 is 0 Å². The summed E-state index contributed by atoms with van der Waals surface area (Å²) < 4.78 is 21.9. The van der Waals surface area contributed by atoms with Crippen LogP contribution in [0.1, 0.15) is 27.6 Å². The molecule has 0 saturated carbocycles. The van der Waals surface area contributed by atoms with Crippen LogP contribution in [0.3, 0.4) is 0 Å². The van der Waals surface area contributed by atoms with Gasteiger partial charge in [0.15, 0.2) is 10.9 Å². The maximum absolute atomic E-state index is 12.3. The largest absolute Gasteiger partial charge is 0.496 e. The molecule has 0 fully saturated rings. The first-order chi connectivity index (χ1) is 13.0. The van der Waals surface area contributed by atoms with Gasteiger partial charge in [-0.2, -0.15) is 0 Å². The highest BCUT2D eigenvalue weighted by Gasteiger charge is 2.18. The molecule has 0 aliphatic carbocycles. The van der Waals surface area contributed by atoms with E-state index in [1.807, 2.05) is 12.3 Å². The molecule has 0 bridgehead atoms. The number of thiazole rings is 1. The van der Waals surface area contributed by atoms with Crippen molar-refractivity contribution in [1.82, 2.24) is 4.98 Å². The van der Waals surface area contributed by atoms with Crippen LogP contribution in [0.5, 0.6) is 17.2 Å². The van der Waals surface area contributed by atoms with E-state index in [0.717, 1.165) is 11.3 Å². The van der Waals surface area contributed by atoms with E-state index in [1.165, 1.54) is 11.3 Å². The Kier molecular flexibility index (Phi) is 5.66. The van der Waals surface area contributed by atoms with Gasteiger partial charge in [0.05, 0.1) is 27.0 Å². The van der Waals surface area contributed by atoms with E-state index in [0.29, 0.717) is 34.6 Å². The van der Waals surface area contributed by atoms with Crippen LogP contribution >= 0.6 is 11.3 Å². The van der Waals surface area contributed by atoms with E-state index in [9.17, 15) is 4.79 Å². The van der Waals surface area contributed by atoms with E-state index >= 15 is 0 Å². The monoisotopic (exact) mass is 388 g/mol. The number of furan rings is 1. The molecule has 0 atom stereocenters. The summed E-state index contributed by atoms with van der Waals surface area (Å²) in [6.07, 6.45) is 0.403. The molecule has 3 aromatic rings. The number of nitrogens with one attached hydrogen (secondary N) is 1. The number of nitrogens with zero attached hydrogens (tertiary/aromatic N) is 1. The van der Waals surface area contributed by atoms with E-state index in [4.69, 9.17) is 18.6 Å². The number of aromatic nitrogens is 1. The van der Waals surface area contributed by atoms with Crippen LogP contribution in [0, 0.1) is 6.92 Å². The zero-order valence-corrected chi connectivity index (χ0v) is 16.3. The van der Waals surface area contributed by atoms with Gasteiger partial charge in [-0.15, -0.1) is 11.3 Å². The molecule has 0 radical (unpaired) electrons. The Labute approximate surface area is 160 Å². The number of ether oxygens (including phenoxy) is 3. The maximum atomic E-state index is 12.3. The molecule has 1 N–H and O–H groups in total. The summed E-state index contributed by atoms with van der Waals surface area (Å²) in [5.74, 6) is 2.34. The predicted molar refractivity (Wildman–Crippen MR) is 102 cm³/mol. The van der Waals surface area contributed by atoms with Gasteiger partial charge in [0.1, 0.15) is 23.0 Å². The third-order valence-electron chi connectivity index (χ3n) is 3.89. The molecule has 2 aromatic heterocycles. The number of aryl methyl sites for hydroxylation is 1. The van der Waals surface area contributed by atoms with Gasteiger partial charge in [0.25, 0.3) is 5.91 Å². The zero-order chi connectivity index (χ0) is 19.4. The third-order valence-corrected chi connectivity index (χ3v) is 4.77. The number of benzene rings is 1. The molecule has 142 valence electrons. The molecule has 0 spiro atoms. The van der Waals surface area contributed by atoms with E-state index in [1.54, 1.807) is 45.6 Å². The first-order valence-electron chi connectivity index (χ1n) is 8.15. The van der Waals surface area contributed by atoms with Crippen LogP contribution in [0.2, 0.25) is 0 Å². The minimum atomic E-state index is -0.343. The summed E-state index contributed by atoms with van der Waals surface area (Å²) in [6, 6.07) is 6.94. The molecule has 0 aliphatic rings. The van der Waals surface area contributed by atoms with E-state index in [2.05, 4.69) is 10.3 Å². The SMILES string of the molecule is COc1cc(OC)c(Cc2ccc(C(=O)Nc3nc(C)cs3)o2)c(OC)c1. The lowest BCUT2D eigenvalue weighted by molar-refractivity contribution is 0.0995. The summed E-state index contributed by atoms with van der Waals surface area (Å²) in [4.78, 5) is 16.5. The van der Waals surface area contributed by atoms with Gasteiger partial charge in [-0.05, 0) is 19.1 Å². The molecule has 1 aromatic carbocycles. The lowest BCUT2D eigenvalue weighted by Gasteiger charge is -2.14. The van der Waals surface area contributed by atoms with Gasteiger partial charge in [0.2, 0.25) is 0 Å². The van der Waals surface area contributed by atoms with Crippen molar-refractivity contribution in [2.24, 2.45) is 0 Å². The Morgan fingerprint density at radius 1 is 1.15 bits per heavy atom. The van der Waals surface area contributed by atoms with Crippen molar-refractivity contribution in [2.75, 3.05) is 26.6 Å². The van der Waals surface area contributed by atoms with Crippen molar-refractivity contribution in [3.05, 3.63) is 52.4 Å². The Hall–Kier alpha value is -3.00. The Balaban J connectivity index is 1.80. The predicted octanol–water partition coefficient (Wildman–Crippen LogP) is 3.91. The number of carbonyl (C=O) groups excluding carboxylic acids is 1. The summed E-state index contributed by atoms with van der Waals surface area (Å²) in [5.41, 5.74) is 1.66. The fourth-order valence-corrected chi connectivity index (χ4v) is 3.27. The van der Waals surface area contributed by atoms with Crippen molar-refractivity contribution >= 4 is 22.4 Å². The first-order valence-corrected chi connectivity index (χ1v) is 9.03. The van der Waals surface area contributed by atoms with E-state index < -0.39 is 0 Å². The number of hydrogen-bond donors (Lipinski definition) is 1. The fourth-order valence-electron chi connectivity index (χ4n) is 2.59. The van der Waals surface area contributed by atoms with E-state index in [-0.39, 0.29) is 11.7 Å². The molecule has 1 amide bonds. The molecule has 7 nitrogen and oxygen atoms in total. The van der Waals surface area contributed by atoms with Crippen LogP contribution < -0.4 is 19.5 Å². The number of hydrogen-bond acceptors (Lipinski definition) is 7. The number of methoxy groups -OCH3 is 3. The number of carbonyl (C=O) groups is 1. The minimum absolute atomic E-state index is 0.212. The molecular weight excluding hydrogens is 368 g/mol. The highest BCUT2D eigenvalue weighted by Crippen LogP contribution is 2.35. The normalized spacial score (nSPS) is 10.5. The average Bonchev–Trinajstić information content (AvgIpc) is 3.30. The Morgan fingerprint density at radius 2 is 1.85 bits per heavy atom. The molecule has 2 heterocycles. The van der Waals surface area contributed by atoms with Crippen LogP contribution in [0.25, 0.3) is 0 Å². The number of rotatable bonds is 7. The Bertz CT molecular complexity index is 922. The van der Waals surface area contributed by atoms with Crippen LogP contribution in [0.15, 0.2) is 34.1 Å². The summed E-state index contributed by atoms with van der Waals surface area (Å²) in [6.45, 7) is 1.87. The third kappa shape index (κ3) is 4.22. The van der Waals surface area contributed by atoms with Crippen molar-refractivity contribution < 1.29 is 23.4 Å². The average molecular weight is 388 g/mol. The van der Waals surface area contributed by atoms with Crippen molar-refractivity contribution in [3.63, 3.8) is 0 Å².